The molecule has 0 bridgehead atoms. The predicted molar refractivity (Wildman–Crippen MR) is 181 cm³/mol. The molecule has 1 aromatic carbocycles. The van der Waals surface area contributed by atoms with Gasteiger partial charge in [-0.05, 0) is 40.7 Å². The van der Waals surface area contributed by atoms with E-state index in [-0.39, 0.29) is 38.6 Å². The predicted octanol–water partition coefficient (Wildman–Crippen LogP) is 4.26. The molecule has 0 radical (unpaired) electrons. The zero-order valence-electron chi connectivity index (χ0n) is 26.3. The number of aliphatic hydroxyl groups excluding tert-OH is 1. The molecule has 0 aliphatic carbocycles. The van der Waals surface area contributed by atoms with Gasteiger partial charge in [0, 0.05) is 26.1 Å². The summed E-state index contributed by atoms with van der Waals surface area (Å²) in [5.74, 6) is -1.17. The summed E-state index contributed by atoms with van der Waals surface area (Å²) in [6, 6.07) is 6.16. The van der Waals surface area contributed by atoms with E-state index < -0.39 is 35.4 Å². The van der Waals surface area contributed by atoms with Crippen LogP contribution in [0.2, 0.25) is 0 Å². The minimum Gasteiger partial charge on any atom is -0.391 e. The molecule has 2 heterocycles. The molecule has 1 saturated heterocycles. The molecule has 10 nitrogen and oxygen atoms in total. The van der Waals surface area contributed by atoms with Crippen molar-refractivity contribution in [3.63, 3.8) is 0 Å². The first kappa shape index (κ1) is 36.3. The third kappa shape index (κ3) is 11.3. The van der Waals surface area contributed by atoms with Crippen LogP contribution in [-0.4, -0.2) is 88.3 Å². The number of amides is 3. The average Bonchev–Trinajstić information content (AvgIpc) is 3.60. The van der Waals surface area contributed by atoms with E-state index in [2.05, 4.69) is 38.2 Å². The van der Waals surface area contributed by atoms with Crippen LogP contribution in [-0.2, 0) is 30.4 Å². The van der Waals surface area contributed by atoms with Crippen LogP contribution < -0.4 is 10.6 Å². The lowest BCUT2D eigenvalue weighted by atomic mass is 9.85. The van der Waals surface area contributed by atoms with Crippen molar-refractivity contribution in [2.24, 2.45) is 5.41 Å². The van der Waals surface area contributed by atoms with E-state index in [1.807, 2.05) is 57.5 Å². The molecule has 3 amide bonds. The number of hydrogen-bond acceptors (Lipinski definition) is 8. The highest BCUT2D eigenvalue weighted by molar-refractivity contribution is 14.1. The molecule has 244 valence electrons. The van der Waals surface area contributed by atoms with Gasteiger partial charge in [-0.25, -0.2) is 4.98 Å². The largest absolute Gasteiger partial charge is 0.391 e. The number of carbonyl (C=O) groups excluding carboxylic acids is 3. The highest BCUT2D eigenvalue weighted by atomic mass is 127. The number of alkyl halides is 1. The molecule has 12 heteroatoms. The van der Waals surface area contributed by atoms with E-state index in [0.29, 0.717) is 13.2 Å². The number of hydrogen-bond donors (Lipinski definition) is 3. The normalized spacial score (nSPS) is 17.5. The molecule has 3 N–H and O–H groups in total. The molecular weight excluding hydrogens is 695 g/mol. The Labute approximate surface area is 278 Å². The summed E-state index contributed by atoms with van der Waals surface area (Å²) in [5.41, 5.74) is 4.14. The first-order valence-electron chi connectivity index (χ1n) is 15.3. The maximum Gasteiger partial charge on any atom is 0.246 e. The van der Waals surface area contributed by atoms with Gasteiger partial charge in [-0.15, -0.1) is 11.3 Å². The summed E-state index contributed by atoms with van der Waals surface area (Å²) < 4.78 is 12.2. The summed E-state index contributed by atoms with van der Waals surface area (Å²) in [5, 5.41) is 16.1. The van der Waals surface area contributed by atoms with Crippen LogP contribution >= 0.6 is 33.9 Å². The number of benzene rings is 1. The number of unbranched alkanes of at least 4 members (excludes halogenated alkanes) is 3. The van der Waals surface area contributed by atoms with Gasteiger partial charge in [0.1, 0.15) is 18.7 Å². The number of aliphatic hydroxyl groups is 1. The smallest absolute Gasteiger partial charge is 0.246 e. The van der Waals surface area contributed by atoms with Gasteiger partial charge in [0.15, 0.2) is 0 Å². The number of thiazole rings is 1. The second kappa shape index (κ2) is 18.1. The molecule has 1 fully saturated rings. The highest BCUT2D eigenvalue weighted by Crippen LogP contribution is 2.28. The van der Waals surface area contributed by atoms with Crippen molar-refractivity contribution < 1.29 is 29.0 Å². The van der Waals surface area contributed by atoms with Crippen molar-refractivity contribution >= 4 is 51.6 Å². The Morgan fingerprint density at radius 3 is 2.45 bits per heavy atom. The van der Waals surface area contributed by atoms with E-state index >= 15 is 0 Å². The molecule has 0 spiro atoms. The number of rotatable bonds is 17. The van der Waals surface area contributed by atoms with E-state index in [1.54, 1.807) is 11.3 Å². The second-order valence-corrected chi connectivity index (χ2v) is 14.1. The standard InChI is InChI=1S/C32H47IN4O6S/c1-22-28(44-21-35-22)24-11-9-23(10-12-24)18-34-30(40)26-17-25(38)19-37(26)31(41)29(32(2,3)4)36-27(39)20-43-16-15-42-14-8-6-5-7-13-33/h9-12,21,25-26,29,38H,5-8,13-20H2,1-4H3,(H,34,40)(H,36,39)/t25-,26+,29-/m1/s1. The number of ether oxygens (including phenoxy) is 2. The van der Waals surface area contributed by atoms with E-state index in [4.69, 9.17) is 9.47 Å². The van der Waals surface area contributed by atoms with Crippen LogP contribution in [0.15, 0.2) is 29.8 Å². The van der Waals surface area contributed by atoms with Crippen LogP contribution in [0, 0.1) is 12.3 Å². The molecule has 1 aliphatic rings. The quantitative estimate of drug-likeness (QED) is 0.126. The number of aryl methyl sites for hydroxylation is 1. The van der Waals surface area contributed by atoms with Crippen molar-refractivity contribution in [1.29, 1.82) is 0 Å². The molecule has 0 saturated carbocycles. The van der Waals surface area contributed by atoms with Crippen molar-refractivity contribution in [3.8, 4) is 10.4 Å². The molecule has 3 rings (SSSR count). The molecule has 3 atom stereocenters. The molecular formula is C32H47IN4O6S. The lowest BCUT2D eigenvalue weighted by Crippen LogP contribution is -2.58. The fourth-order valence-electron chi connectivity index (χ4n) is 5.02. The van der Waals surface area contributed by atoms with E-state index in [0.717, 1.165) is 34.5 Å². The third-order valence-electron chi connectivity index (χ3n) is 7.49. The first-order valence-corrected chi connectivity index (χ1v) is 17.7. The summed E-state index contributed by atoms with van der Waals surface area (Å²) in [4.78, 5) is 46.5. The van der Waals surface area contributed by atoms with Crippen LogP contribution in [0.25, 0.3) is 10.4 Å². The summed E-state index contributed by atoms with van der Waals surface area (Å²) >= 11 is 3.97. The minimum atomic E-state index is -0.902. The molecule has 2 aromatic rings. The number of nitrogens with zero attached hydrogens (tertiary/aromatic N) is 2. The first-order chi connectivity index (χ1) is 21.0. The highest BCUT2D eigenvalue weighted by Gasteiger charge is 2.44. The van der Waals surface area contributed by atoms with Gasteiger partial charge in [-0.2, -0.15) is 0 Å². The van der Waals surface area contributed by atoms with Crippen molar-refractivity contribution in [1.82, 2.24) is 20.5 Å². The van der Waals surface area contributed by atoms with E-state index in [1.165, 1.54) is 22.2 Å². The Morgan fingerprint density at radius 2 is 1.80 bits per heavy atom. The second-order valence-electron chi connectivity index (χ2n) is 12.2. The average molecular weight is 743 g/mol. The zero-order valence-corrected chi connectivity index (χ0v) is 29.2. The Balaban J connectivity index is 1.49. The van der Waals surface area contributed by atoms with Gasteiger partial charge in [-0.1, -0.05) is 80.5 Å². The topological polar surface area (TPSA) is 130 Å². The number of halogens is 1. The summed E-state index contributed by atoms with van der Waals surface area (Å²) in [6.07, 6.45) is 3.90. The fraction of sp³-hybridized carbons (Fsp3) is 0.625. The van der Waals surface area contributed by atoms with Gasteiger partial charge < -0.3 is 30.1 Å². The number of likely N-dealkylation sites (tertiary alicyclic amines) is 1. The Bertz CT molecular complexity index is 1200. The SMILES string of the molecule is Cc1ncsc1-c1ccc(CNC(=O)[C@@H]2C[C@@H](O)CN2C(=O)[C@@H](NC(=O)COCCOCCCCCCI)C(C)(C)C)cc1. The van der Waals surface area contributed by atoms with Crippen LogP contribution in [0.5, 0.6) is 0 Å². The maximum atomic E-state index is 13.7. The lowest BCUT2D eigenvalue weighted by Gasteiger charge is -2.35. The summed E-state index contributed by atoms with van der Waals surface area (Å²) in [7, 11) is 0. The zero-order chi connectivity index (χ0) is 32.1. The minimum absolute atomic E-state index is 0.0220. The molecule has 44 heavy (non-hydrogen) atoms. The van der Waals surface area contributed by atoms with Gasteiger partial charge in [-0.3, -0.25) is 14.4 Å². The Kier molecular flexibility index (Phi) is 15.0. The van der Waals surface area contributed by atoms with Crippen LogP contribution in [0.3, 0.4) is 0 Å². The Morgan fingerprint density at radius 1 is 1.09 bits per heavy atom. The van der Waals surface area contributed by atoms with Crippen molar-refractivity contribution in [3.05, 3.63) is 41.0 Å². The van der Waals surface area contributed by atoms with Crippen LogP contribution in [0.4, 0.5) is 0 Å². The summed E-state index contributed by atoms with van der Waals surface area (Å²) in [6.45, 7) is 8.99. The number of carbonyl (C=O) groups is 3. The van der Waals surface area contributed by atoms with E-state index in [9.17, 15) is 19.5 Å². The lowest BCUT2D eigenvalue weighted by molar-refractivity contribution is -0.144. The molecule has 0 unspecified atom stereocenters. The van der Waals surface area contributed by atoms with Gasteiger partial charge in [0.25, 0.3) is 0 Å². The maximum absolute atomic E-state index is 13.7. The molecule has 1 aromatic heterocycles. The van der Waals surface area contributed by atoms with Crippen molar-refractivity contribution in [2.75, 3.05) is 37.4 Å². The van der Waals surface area contributed by atoms with Gasteiger partial charge in [0.05, 0.1) is 35.4 Å². The fourth-order valence-corrected chi connectivity index (χ4v) is 6.37. The Hall–Kier alpha value is -2.13. The van der Waals surface area contributed by atoms with Gasteiger partial charge in [0.2, 0.25) is 17.7 Å². The third-order valence-corrected chi connectivity index (χ3v) is 9.23. The van der Waals surface area contributed by atoms with Gasteiger partial charge >= 0.3 is 0 Å². The van der Waals surface area contributed by atoms with Crippen molar-refractivity contribution in [2.45, 2.75) is 84.5 Å². The number of aromatic nitrogens is 1. The number of β-amino-alcohol motifs (C(OH)–C–C–N with tert-alkyl or cyclic N) is 1. The number of nitrogens with one attached hydrogen (secondary N) is 2. The van der Waals surface area contributed by atoms with Crippen LogP contribution in [0.1, 0.15) is 64.1 Å². The monoisotopic (exact) mass is 742 g/mol. The molecule has 1 aliphatic heterocycles.